The molecule has 4 aliphatic carbocycles. The number of aliphatic carboxylic acids is 1. The molecular formula is C35H50O19S2. The Kier molecular flexibility index (Phi) is 16.2. The Labute approximate surface area is 325 Å². The quantitative estimate of drug-likeness (QED) is 0.0768. The number of carbonyl (C=O) groups excluding carboxylic acids is 5. The average Bonchev–Trinajstić information content (AvgIpc) is 3.93. The number of ether oxygens (including phenoxy) is 5. The summed E-state index contributed by atoms with van der Waals surface area (Å²) in [5.41, 5.74) is 0.507. The Morgan fingerprint density at radius 3 is 1.50 bits per heavy atom. The molecular weight excluding hydrogens is 789 g/mol. The first kappa shape index (κ1) is 46.5. The normalized spacial score (nSPS) is 30.9. The number of aliphatic hydroxyl groups is 1. The lowest BCUT2D eigenvalue weighted by Gasteiger charge is -2.24. The molecule has 0 aromatic carbocycles. The Hall–Kier alpha value is -3.92. The van der Waals surface area contributed by atoms with Crippen LogP contribution in [0.2, 0.25) is 0 Å². The van der Waals surface area contributed by atoms with Gasteiger partial charge >= 0.3 is 35.8 Å². The third-order valence-electron chi connectivity index (χ3n) is 10.1. The van der Waals surface area contributed by atoms with Crippen LogP contribution in [0.5, 0.6) is 0 Å². The van der Waals surface area contributed by atoms with Crippen molar-refractivity contribution in [3.63, 3.8) is 0 Å². The van der Waals surface area contributed by atoms with Crippen LogP contribution in [0.4, 0.5) is 0 Å². The van der Waals surface area contributed by atoms with Gasteiger partial charge in [0.1, 0.15) is 44.7 Å². The zero-order valence-corrected chi connectivity index (χ0v) is 32.0. The molecule has 6 fully saturated rings. The summed E-state index contributed by atoms with van der Waals surface area (Å²) in [6.07, 6.45) is -0.395. The van der Waals surface area contributed by atoms with Crippen molar-refractivity contribution in [2.45, 2.75) is 108 Å². The Morgan fingerprint density at radius 1 is 0.625 bits per heavy atom. The molecule has 2 heterocycles. The summed E-state index contributed by atoms with van der Waals surface area (Å²) < 4.78 is 80.6. The van der Waals surface area contributed by atoms with Crippen LogP contribution in [-0.2, 0) is 81.1 Å². The van der Waals surface area contributed by atoms with E-state index in [0.717, 1.165) is 6.42 Å². The lowest BCUT2D eigenvalue weighted by molar-refractivity contribution is -0.159. The summed E-state index contributed by atoms with van der Waals surface area (Å²) in [4.78, 5) is 66.6. The van der Waals surface area contributed by atoms with E-state index >= 15 is 0 Å². The molecule has 21 heteroatoms. The first-order valence-corrected chi connectivity index (χ1v) is 20.6. The molecule has 0 aromatic heterocycles. The van der Waals surface area contributed by atoms with E-state index in [1.54, 1.807) is 0 Å². The SMILES string of the molecule is C.C=C(C)C(=O)OCCOC(=O)CCC(=O)O.C=C(C)C(=O)OCCOC(=O)CCC(=O)OC1C2CC3C1OS(=O)(=O)C3C2.O=S1(=O)OC2C(O)C3CC2C1C3. The molecule has 0 aromatic rings. The van der Waals surface area contributed by atoms with E-state index in [9.17, 15) is 50.7 Å². The molecule has 0 amide bonds. The van der Waals surface area contributed by atoms with Crippen LogP contribution in [0, 0.1) is 23.7 Å². The Balaban J connectivity index is 0.000000246. The zero-order chi connectivity index (χ0) is 40.8. The van der Waals surface area contributed by atoms with Crippen LogP contribution in [0.15, 0.2) is 24.3 Å². The van der Waals surface area contributed by atoms with E-state index in [0.29, 0.717) is 19.3 Å². The van der Waals surface area contributed by atoms with E-state index in [1.165, 1.54) is 13.8 Å². The number of carboxylic acids is 1. The minimum absolute atomic E-state index is 0. The minimum Gasteiger partial charge on any atom is -0.481 e. The molecule has 6 rings (SSSR count). The zero-order valence-electron chi connectivity index (χ0n) is 30.3. The first-order chi connectivity index (χ1) is 25.7. The molecule has 10 atom stereocenters. The monoisotopic (exact) mass is 838 g/mol. The van der Waals surface area contributed by atoms with Crippen molar-refractivity contribution in [2.24, 2.45) is 23.7 Å². The second-order valence-electron chi connectivity index (χ2n) is 14.1. The standard InChI is InChI=1S/C17H22O9S.C10H14O6.C7H10O4S.CH4/c1-9(2)17(20)24-6-5-23-13(18)3-4-14(19)25-15-10-7-11-12(8-10)27(21,22)26-16(11)15;1-7(2)10(14)16-6-5-15-9(13)4-3-8(11)12;8-6-3-1-4-5(2-3)12(9,10)11-7(4)6;/h10-12,15-16H,1,3-8H2,2H3;1,3-6H2,2H3,(H,11,12);3-8H,1-2H2;1H4. The summed E-state index contributed by atoms with van der Waals surface area (Å²) in [5.74, 6) is -3.91. The van der Waals surface area contributed by atoms with Gasteiger partial charge in [-0.3, -0.25) is 27.5 Å². The number of hydrogen-bond donors (Lipinski definition) is 2. The predicted octanol–water partition coefficient (Wildman–Crippen LogP) is 1.11. The minimum atomic E-state index is -3.56. The number of fused-ring (bicyclic) bond motifs is 2. The highest BCUT2D eigenvalue weighted by Gasteiger charge is 2.65. The van der Waals surface area contributed by atoms with Crippen molar-refractivity contribution in [3.8, 4) is 0 Å². The van der Waals surface area contributed by atoms with Crippen LogP contribution in [-0.4, -0.2) is 124 Å². The second-order valence-corrected chi connectivity index (χ2v) is 17.7. The van der Waals surface area contributed by atoms with Gasteiger partial charge in [0.15, 0.2) is 0 Å². The van der Waals surface area contributed by atoms with E-state index in [4.69, 9.17) is 27.7 Å². The van der Waals surface area contributed by atoms with Crippen molar-refractivity contribution in [1.82, 2.24) is 0 Å². The van der Waals surface area contributed by atoms with Gasteiger partial charge in [0.2, 0.25) is 0 Å². The smallest absolute Gasteiger partial charge is 0.333 e. The lowest BCUT2D eigenvalue weighted by Crippen LogP contribution is -2.37. The number of carboxylic acid groups (broad SMARTS) is 1. The molecule has 4 saturated carbocycles. The molecule has 56 heavy (non-hydrogen) atoms. The van der Waals surface area contributed by atoms with Crippen molar-refractivity contribution >= 4 is 56.1 Å². The predicted molar refractivity (Wildman–Crippen MR) is 190 cm³/mol. The summed E-state index contributed by atoms with van der Waals surface area (Å²) in [7, 11) is -6.88. The molecule has 2 saturated heterocycles. The van der Waals surface area contributed by atoms with Crippen molar-refractivity contribution < 1.29 is 87.9 Å². The third-order valence-corrected chi connectivity index (χ3v) is 13.6. The fourth-order valence-corrected chi connectivity index (χ4v) is 11.3. The number of rotatable bonds is 15. The molecule has 0 spiro atoms. The van der Waals surface area contributed by atoms with Gasteiger partial charge in [-0.1, -0.05) is 20.6 Å². The second kappa shape index (κ2) is 19.5. The molecule has 19 nitrogen and oxygen atoms in total. The van der Waals surface area contributed by atoms with Crippen LogP contribution in [0.25, 0.3) is 0 Å². The first-order valence-electron chi connectivity index (χ1n) is 17.6. The van der Waals surface area contributed by atoms with Crippen molar-refractivity contribution in [3.05, 3.63) is 24.3 Å². The average molecular weight is 839 g/mol. The fourth-order valence-electron chi connectivity index (χ4n) is 7.54. The van der Waals surface area contributed by atoms with Gasteiger partial charge in [-0.25, -0.2) is 9.59 Å². The highest BCUT2D eigenvalue weighted by atomic mass is 32.2. The maximum atomic E-state index is 12.0. The molecule has 0 radical (unpaired) electrons. The Bertz CT molecular complexity index is 1750. The molecule has 2 aliphatic heterocycles. The molecule has 10 unspecified atom stereocenters. The molecule has 6 aliphatic rings. The third kappa shape index (κ3) is 11.6. The summed E-state index contributed by atoms with van der Waals surface area (Å²) >= 11 is 0. The molecule has 316 valence electrons. The van der Waals surface area contributed by atoms with Gasteiger partial charge < -0.3 is 33.9 Å². The maximum absolute atomic E-state index is 12.0. The van der Waals surface area contributed by atoms with Gasteiger partial charge in [0.05, 0.1) is 42.3 Å². The van der Waals surface area contributed by atoms with Crippen LogP contribution < -0.4 is 0 Å². The van der Waals surface area contributed by atoms with Crippen LogP contribution in [0.1, 0.15) is 72.6 Å². The number of carbonyl (C=O) groups is 6. The highest BCUT2D eigenvalue weighted by molar-refractivity contribution is 7.88. The van der Waals surface area contributed by atoms with Crippen molar-refractivity contribution in [1.29, 1.82) is 0 Å². The van der Waals surface area contributed by atoms with Crippen LogP contribution in [0.3, 0.4) is 0 Å². The number of hydrogen-bond acceptors (Lipinski definition) is 18. The summed E-state index contributed by atoms with van der Waals surface area (Å²) in [6.45, 7) is 9.43. The van der Waals surface area contributed by atoms with E-state index in [2.05, 4.69) is 22.6 Å². The lowest BCUT2D eigenvalue weighted by atomic mass is 9.94. The number of esters is 5. The van der Waals surface area contributed by atoms with E-state index < -0.39 is 85.7 Å². The van der Waals surface area contributed by atoms with Gasteiger partial charge in [-0.05, 0) is 45.4 Å². The van der Waals surface area contributed by atoms with Gasteiger partial charge in [0, 0.05) is 28.9 Å². The molecule has 2 N–H and O–H groups in total. The van der Waals surface area contributed by atoms with Gasteiger partial charge in [0.25, 0.3) is 20.2 Å². The van der Waals surface area contributed by atoms with Gasteiger partial charge in [-0.2, -0.15) is 16.8 Å². The Morgan fingerprint density at radius 2 is 1.04 bits per heavy atom. The van der Waals surface area contributed by atoms with E-state index in [-0.39, 0.29) is 99.6 Å². The summed E-state index contributed by atoms with van der Waals surface area (Å²) in [6, 6.07) is 0. The fraction of sp³-hybridized carbons (Fsp3) is 0.714. The number of aliphatic hydroxyl groups excluding tert-OH is 1. The summed E-state index contributed by atoms with van der Waals surface area (Å²) in [5, 5.41) is 17.0. The highest BCUT2D eigenvalue weighted by Crippen LogP contribution is 2.56. The van der Waals surface area contributed by atoms with E-state index in [1.807, 2.05) is 0 Å². The molecule has 4 bridgehead atoms. The van der Waals surface area contributed by atoms with Gasteiger partial charge in [-0.15, -0.1) is 0 Å². The van der Waals surface area contributed by atoms with Crippen LogP contribution >= 0.6 is 0 Å². The largest absolute Gasteiger partial charge is 0.481 e. The maximum Gasteiger partial charge on any atom is 0.333 e. The topological polar surface area (TPSA) is 276 Å². The van der Waals surface area contributed by atoms with Crippen molar-refractivity contribution in [2.75, 3.05) is 26.4 Å².